The van der Waals surface area contributed by atoms with Gasteiger partial charge in [0.2, 0.25) is 0 Å². The Morgan fingerprint density at radius 3 is 2.67 bits per heavy atom. The SMILES string of the molecule is CC1(C)Cc2cccc(OCC(=O)N(CC(F)(F)F)C3CCOCC3)c2O1. The zero-order valence-electron chi connectivity index (χ0n) is 15.5. The van der Waals surface area contributed by atoms with Gasteiger partial charge in [0, 0.05) is 31.2 Å². The summed E-state index contributed by atoms with van der Waals surface area (Å²) in [5.74, 6) is 0.253. The molecular formula is C19H24F3NO4. The highest BCUT2D eigenvalue weighted by atomic mass is 19.4. The van der Waals surface area contributed by atoms with E-state index < -0.39 is 31.3 Å². The summed E-state index contributed by atoms with van der Waals surface area (Å²) in [6.45, 7) is 2.84. The zero-order valence-corrected chi connectivity index (χ0v) is 15.5. The summed E-state index contributed by atoms with van der Waals surface area (Å²) in [5.41, 5.74) is 0.581. The standard InChI is InChI=1S/C19H24F3NO4/c1-18(2)10-13-4-3-5-15(17(13)27-18)26-11-16(24)23(12-19(20,21)22)14-6-8-25-9-7-14/h3-5,14H,6-12H2,1-2H3. The molecule has 1 aromatic rings. The molecule has 0 N–H and O–H groups in total. The summed E-state index contributed by atoms with van der Waals surface area (Å²) < 4.78 is 55.5. The van der Waals surface area contributed by atoms with E-state index >= 15 is 0 Å². The van der Waals surface area contributed by atoms with Crippen molar-refractivity contribution in [1.29, 1.82) is 0 Å². The van der Waals surface area contributed by atoms with Crippen molar-refractivity contribution in [3.05, 3.63) is 23.8 Å². The van der Waals surface area contributed by atoms with Gasteiger partial charge in [-0.2, -0.15) is 13.2 Å². The molecule has 2 heterocycles. The molecule has 0 bridgehead atoms. The van der Waals surface area contributed by atoms with E-state index in [0.717, 1.165) is 10.5 Å². The maximum atomic E-state index is 13.0. The molecule has 150 valence electrons. The average molecular weight is 387 g/mol. The minimum absolute atomic E-state index is 0.349. The van der Waals surface area contributed by atoms with Gasteiger partial charge in [-0.3, -0.25) is 4.79 Å². The van der Waals surface area contributed by atoms with Gasteiger partial charge in [-0.25, -0.2) is 0 Å². The quantitative estimate of drug-likeness (QED) is 0.778. The van der Waals surface area contributed by atoms with Gasteiger partial charge in [0.25, 0.3) is 5.91 Å². The predicted octanol–water partition coefficient (Wildman–Crippen LogP) is 3.35. The molecule has 3 rings (SSSR count). The molecule has 2 aliphatic heterocycles. The number of para-hydroxylation sites is 1. The van der Waals surface area contributed by atoms with Crippen LogP contribution in [0.2, 0.25) is 0 Å². The van der Waals surface area contributed by atoms with Crippen LogP contribution in [-0.4, -0.2) is 55.0 Å². The summed E-state index contributed by atoms with van der Waals surface area (Å²) in [6.07, 6.45) is -2.98. The second kappa shape index (κ2) is 7.58. The van der Waals surface area contributed by atoms with Crippen LogP contribution in [0.5, 0.6) is 11.5 Å². The smallest absolute Gasteiger partial charge is 0.406 e. The molecule has 0 radical (unpaired) electrons. The molecule has 1 aromatic carbocycles. The number of halogens is 3. The van der Waals surface area contributed by atoms with Crippen molar-refractivity contribution in [3.63, 3.8) is 0 Å². The Morgan fingerprint density at radius 2 is 2.00 bits per heavy atom. The Bertz CT molecular complexity index is 684. The largest absolute Gasteiger partial charge is 0.483 e. The molecule has 1 amide bonds. The second-order valence-corrected chi connectivity index (χ2v) is 7.55. The monoisotopic (exact) mass is 387 g/mol. The van der Waals surface area contributed by atoms with Crippen LogP contribution in [0.3, 0.4) is 0 Å². The molecule has 0 saturated carbocycles. The summed E-state index contributed by atoms with van der Waals surface area (Å²) >= 11 is 0. The van der Waals surface area contributed by atoms with E-state index in [-0.39, 0.29) is 5.60 Å². The number of nitrogens with zero attached hydrogens (tertiary/aromatic N) is 1. The van der Waals surface area contributed by atoms with Gasteiger partial charge < -0.3 is 19.1 Å². The highest BCUT2D eigenvalue weighted by molar-refractivity contribution is 5.78. The van der Waals surface area contributed by atoms with Crippen LogP contribution in [0.25, 0.3) is 0 Å². The maximum absolute atomic E-state index is 13.0. The topological polar surface area (TPSA) is 48.0 Å². The molecule has 0 spiro atoms. The zero-order chi connectivity index (χ0) is 19.7. The number of fused-ring (bicyclic) bond motifs is 1. The number of hydrogen-bond acceptors (Lipinski definition) is 4. The fourth-order valence-corrected chi connectivity index (χ4v) is 3.53. The molecule has 8 heteroatoms. The van der Waals surface area contributed by atoms with E-state index in [1.54, 1.807) is 12.1 Å². The molecule has 5 nitrogen and oxygen atoms in total. The van der Waals surface area contributed by atoms with Crippen LogP contribution >= 0.6 is 0 Å². The lowest BCUT2D eigenvalue weighted by Crippen LogP contribution is -2.49. The number of benzene rings is 1. The first-order valence-corrected chi connectivity index (χ1v) is 9.02. The first-order valence-electron chi connectivity index (χ1n) is 9.02. The van der Waals surface area contributed by atoms with E-state index in [1.807, 2.05) is 19.9 Å². The lowest BCUT2D eigenvalue weighted by atomic mass is 10.0. The van der Waals surface area contributed by atoms with Crippen LogP contribution < -0.4 is 9.47 Å². The molecule has 0 atom stereocenters. The fraction of sp³-hybridized carbons (Fsp3) is 0.632. The normalized spacial score (nSPS) is 19.3. The summed E-state index contributed by atoms with van der Waals surface area (Å²) in [6, 6.07) is 4.87. The lowest BCUT2D eigenvalue weighted by Gasteiger charge is -2.34. The maximum Gasteiger partial charge on any atom is 0.406 e. The molecule has 0 aliphatic carbocycles. The van der Waals surface area contributed by atoms with E-state index in [9.17, 15) is 18.0 Å². The third-order valence-electron chi connectivity index (χ3n) is 4.71. The van der Waals surface area contributed by atoms with Crippen LogP contribution in [0.1, 0.15) is 32.3 Å². The molecule has 0 unspecified atom stereocenters. The molecular weight excluding hydrogens is 363 g/mol. The van der Waals surface area contributed by atoms with Gasteiger partial charge in [0.1, 0.15) is 12.1 Å². The predicted molar refractivity (Wildman–Crippen MR) is 92.0 cm³/mol. The van der Waals surface area contributed by atoms with Crippen molar-refractivity contribution < 1.29 is 32.2 Å². The van der Waals surface area contributed by atoms with Crippen molar-refractivity contribution in [2.24, 2.45) is 0 Å². The average Bonchev–Trinajstić information content (AvgIpc) is 2.92. The Balaban J connectivity index is 1.69. The van der Waals surface area contributed by atoms with Gasteiger partial charge >= 0.3 is 6.18 Å². The number of alkyl halides is 3. The van der Waals surface area contributed by atoms with E-state index in [4.69, 9.17) is 14.2 Å². The number of ether oxygens (including phenoxy) is 3. The summed E-state index contributed by atoms with van der Waals surface area (Å²) in [5, 5.41) is 0. The Morgan fingerprint density at radius 1 is 1.30 bits per heavy atom. The fourth-order valence-electron chi connectivity index (χ4n) is 3.53. The van der Waals surface area contributed by atoms with Gasteiger partial charge in [-0.15, -0.1) is 0 Å². The van der Waals surface area contributed by atoms with Crippen molar-refractivity contribution >= 4 is 5.91 Å². The number of hydrogen-bond donors (Lipinski definition) is 0. The number of amides is 1. The van der Waals surface area contributed by atoms with Gasteiger partial charge in [-0.05, 0) is 32.8 Å². The Hall–Kier alpha value is -1.96. The van der Waals surface area contributed by atoms with Crippen molar-refractivity contribution in [2.75, 3.05) is 26.4 Å². The minimum Gasteiger partial charge on any atom is -0.483 e. The first kappa shape index (κ1) is 19.8. The van der Waals surface area contributed by atoms with E-state index in [2.05, 4.69) is 0 Å². The highest BCUT2D eigenvalue weighted by Crippen LogP contribution is 2.41. The summed E-state index contributed by atoms with van der Waals surface area (Å²) in [7, 11) is 0. The lowest BCUT2D eigenvalue weighted by molar-refractivity contribution is -0.170. The van der Waals surface area contributed by atoms with Crippen molar-refractivity contribution in [2.45, 2.75) is 50.9 Å². The Labute approximate surface area is 156 Å². The minimum atomic E-state index is -4.46. The van der Waals surface area contributed by atoms with Gasteiger partial charge in [-0.1, -0.05) is 12.1 Å². The molecule has 1 fully saturated rings. The molecule has 1 saturated heterocycles. The number of carbonyl (C=O) groups excluding carboxylic acids is 1. The first-order chi connectivity index (χ1) is 12.6. The van der Waals surface area contributed by atoms with Crippen LogP contribution in [0, 0.1) is 0 Å². The highest BCUT2D eigenvalue weighted by Gasteiger charge is 2.37. The number of carbonyl (C=O) groups is 1. The van der Waals surface area contributed by atoms with Crippen molar-refractivity contribution in [3.8, 4) is 11.5 Å². The summed E-state index contributed by atoms with van der Waals surface area (Å²) in [4.78, 5) is 13.4. The van der Waals surface area contributed by atoms with Crippen LogP contribution in [-0.2, 0) is 16.0 Å². The van der Waals surface area contributed by atoms with Gasteiger partial charge in [0.15, 0.2) is 18.1 Å². The third kappa shape index (κ3) is 5.06. The van der Waals surface area contributed by atoms with Crippen LogP contribution in [0.4, 0.5) is 13.2 Å². The third-order valence-corrected chi connectivity index (χ3v) is 4.71. The Kier molecular flexibility index (Phi) is 5.55. The molecule has 0 aromatic heterocycles. The number of rotatable bonds is 5. The van der Waals surface area contributed by atoms with Crippen molar-refractivity contribution in [1.82, 2.24) is 4.90 Å². The van der Waals surface area contributed by atoms with E-state index in [1.165, 1.54) is 0 Å². The van der Waals surface area contributed by atoms with Gasteiger partial charge in [0.05, 0.1) is 0 Å². The van der Waals surface area contributed by atoms with Crippen LogP contribution in [0.15, 0.2) is 18.2 Å². The second-order valence-electron chi connectivity index (χ2n) is 7.55. The molecule has 27 heavy (non-hydrogen) atoms. The van der Waals surface area contributed by atoms with E-state index in [0.29, 0.717) is 44.0 Å². The molecule has 2 aliphatic rings.